The molecule has 14 heavy (non-hydrogen) atoms. The first-order valence-electron chi connectivity index (χ1n) is 3.99. The molecule has 0 saturated carbocycles. The Morgan fingerprint density at radius 2 is 2.43 bits per heavy atom. The number of imidazole rings is 1. The molecule has 0 fully saturated rings. The van der Waals surface area contributed by atoms with Gasteiger partial charge in [0.15, 0.2) is 6.04 Å². The summed E-state index contributed by atoms with van der Waals surface area (Å²) in [5.74, 6) is 0.102. The van der Waals surface area contributed by atoms with Gasteiger partial charge in [-0.25, -0.2) is 4.98 Å². The molecule has 0 saturated heterocycles. The van der Waals surface area contributed by atoms with Crippen molar-refractivity contribution in [2.24, 2.45) is 10.2 Å². The molecule has 0 spiro atoms. The largest absolute Gasteiger partial charge is 0.497 e. The van der Waals surface area contributed by atoms with E-state index in [1.165, 1.54) is 19.6 Å². The molecule has 1 atom stereocenters. The van der Waals surface area contributed by atoms with Crippen LogP contribution in [0.5, 0.6) is 0 Å². The molecule has 0 N–H and O–H groups in total. The monoisotopic (exact) mass is 192 g/mol. The number of nitrogens with zero attached hydrogens (tertiary/aromatic N) is 4. The van der Waals surface area contributed by atoms with Crippen LogP contribution in [0.2, 0.25) is 0 Å². The molecular formula is C8H8N4O2. The van der Waals surface area contributed by atoms with Crippen LogP contribution in [0.25, 0.3) is 0 Å². The molecule has 6 nitrogen and oxygen atoms in total. The Balaban J connectivity index is 2.38. The lowest BCUT2D eigenvalue weighted by Gasteiger charge is -2.17. The number of carbonyl (C=O) groups is 1. The lowest BCUT2D eigenvalue weighted by molar-refractivity contribution is -0.121. The van der Waals surface area contributed by atoms with E-state index in [0.717, 1.165) is 0 Å². The first-order valence-corrected chi connectivity index (χ1v) is 3.99. The van der Waals surface area contributed by atoms with Crippen molar-refractivity contribution in [3.8, 4) is 0 Å². The van der Waals surface area contributed by atoms with E-state index in [1.807, 2.05) is 0 Å². The summed E-state index contributed by atoms with van der Waals surface area (Å²) in [6.07, 6.45) is 6.23. The van der Waals surface area contributed by atoms with Gasteiger partial charge in [-0.05, 0) is 0 Å². The molecule has 1 aromatic heterocycles. The molecule has 0 radical (unpaired) electrons. The highest BCUT2D eigenvalue weighted by Gasteiger charge is 2.27. The maximum atomic E-state index is 11.4. The minimum absolute atomic E-state index is 0.359. The van der Waals surface area contributed by atoms with Crippen molar-refractivity contribution in [3.63, 3.8) is 0 Å². The van der Waals surface area contributed by atoms with Gasteiger partial charge in [0.25, 0.3) is 5.91 Å². The second-order valence-corrected chi connectivity index (χ2v) is 2.70. The summed E-state index contributed by atoms with van der Waals surface area (Å²) in [6, 6.07) is -0.569. The number of carbonyl (C=O) groups excluding carboxylic acids is 1. The molecule has 1 aliphatic heterocycles. The Morgan fingerprint density at radius 1 is 1.57 bits per heavy atom. The Hall–Kier alpha value is -1.98. The fourth-order valence-corrected chi connectivity index (χ4v) is 1.25. The molecule has 2 rings (SSSR count). The van der Waals surface area contributed by atoms with E-state index in [0.29, 0.717) is 5.76 Å². The van der Waals surface area contributed by atoms with Crippen LogP contribution in [-0.2, 0) is 9.53 Å². The van der Waals surface area contributed by atoms with Crippen LogP contribution >= 0.6 is 0 Å². The van der Waals surface area contributed by atoms with Crippen LogP contribution in [-0.4, -0.2) is 22.6 Å². The number of amides is 1. The van der Waals surface area contributed by atoms with E-state index in [9.17, 15) is 4.79 Å². The lowest BCUT2D eigenvalue weighted by atomic mass is 10.2. The lowest BCUT2D eigenvalue weighted by Crippen LogP contribution is -2.21. The normalized spacial score (nSPS) is 20.8. The van der Waals surface area contributed by atoms with Crippen molar-refractivity contribution in [1.82, 2.24) is 9.55 Å². The molecule has 2 heterocycles. The minimum atomic E-state index is -0.569. The molecule has 1 unspecified atom stereocenters. The van der Waals surface area contributed by atoms with Gasteiger partial charge in [0.05, 0.1) is 19.6 Å². The first kappa shape index (κ1) is 8.61. The molecule has 0 bridgehead atoms. The Morgan fingerprint density at radius 3 is 3.07 bits per heavy atom. The third-order valence-corrected chi connectivity index (χ3v) is 1.90. The number of rotatable bonds is 2. The third kappa shape index (κ3) is 1.30. The van der Waals surface area contributed by atoms with E-state index in [1.54, 1.807) is 17.0 Å². The standard InChI is InChI=1S/C8H8N4O2/c1-14-6-4-10-11-8(13)7(6)12-3-2-9-5-12/h2-5,7H,1H3. The van der Waals surface area contributed by atoms with E-state index in [4.69, 9.17) is 4.74 Å². The molecule has 1 aliphatic rings. The summed E-state index contributed by atoms with van der Waals surface area (Å²) in [6.45, 7) is 0. The Labute approximate surface area is 79.9 Å². The first-order chi connectivity index (χ1) is 6.83. The van der Waals surface area contributed by atoms with Crippen LogP contribution in [0.4, 0.5) is 0 Å². The van der Waals surface area contributed by atoms with Crippen molar-refractivity contribution < 1.29 is 9.53 Å². The van der Waals surface area contributed by atoms with E-state index in [-0.39, 0.29) is 5.91 Å². The minimum Gasteiger partial charge on any atom is -0.497 e. The van der Waals surface area contributed by atoms with E-state index >= 15 is 0 Å². The van der Waals surface area contributed by atoms with Gasteiger partial charge in [-0.3, -0.25) is 4.79 Å². The summed E-state index contributed by atoms with van der Waals surface area (Å²) < 4.78 is 6.66. The second kappa shape index (κ2) is 3.41. The zero-order valence-electron chi connectivity index (χ0n) is 7.49. The summed E-state index contributed by atoms with van der Waals surface area (Å²) >= 11 is 0. The van der Waals surface area contributed by atoms with Crippen molar-refractivity contribution in [2.75, 3.05) is 7.11 Å². The molecule has 1 aromatic rings. The molecule has 1 amide bonds. The molecule has 72 valence electrons. The molecular weight excluding hydrogens is 184 g/mol. The van der Waals surface area contributed by atoms with Gasteiger partial charge < -0.3 is 9.30 Å². The summed E-state index contributed by atoms with van der Waals surface area (Å²) in [7, 11) is 1.49. The highest BCUT2D eigenvalue weighted by molar-refractivity contribution is 5.84. The average Bonchev–Trinajstić information content (AvgIpc) is 2.70. The maximum absolute atomic E-state index is 11.4. The van der Waals surface area contributed by atoms with Crippen LogP contribution in [0, 0.1) is 0 Å². The van der Waals surface area contributed by atoms with Crippen molar-refractivity contribution in [1.29, 1.82) is 0 Å². The number of methoxy groups -OCH3 is 1. The average molecular weight is 192 g/mol. The highest BCUT2D eigenvalue weighted by atomic mass is 16.5. The predicted molar refractivity (Wildman–Crippen MR) is 46.2 cm³/mol. The molecule has 0 aliphatic carbocycles. The maximum Gasteiger partial charge on any atom is 0.295 e. The topological polar surface area (TPSA) is 68.8 Å². The summed E-state index contributed by atoms with van der Waals surface area (Å²) in [5.41, 5.74) is 0. The number of azo groups is 1. The smallest absolute Gasteiger partial charge is 0.295 e. The Bertz CT molecular complexity index is 393. The van der Waals surface area contributed by atoms with Crippen molar-refractivity contribution in [3.05, 3.63) is 30.7 Å². The quantitative estimate of drug-likeness (QED) is 0.699. The van der Waals surface area contributed by atoms with E-state index in [2.05, 4.69) is 15.2 Å². The van der Waals surface area contributed by atoms with Crippen molar-refractivity contribution >= 4 is 5.91 Å². The van der Waals surface area contributed by atoms with Crippen molar-refractivity contribution in [2.45, 2.75) is 6.04 Å². The highest BCUT2D eigenvalue weighted by Crippen LogP contribution is 2.23. The van der Waals surface area contributed by atoms with Gasteiger partial charge >= 0.3 is 0 Å². The predicted octanol–water partition coefficient (Wildman–Crippen LogP) is 0.904. The van der Waals surface area contributed by atoms with Gasteiger partial charge in [-0.15, -0.1) is 5.11 Å². The van der Waals surface area contributed by atoms with Crippen LogP contribution < -0.4 is 0 Å². The number of aromatic nitrogens is 2. The Kier molecular flexibility index (Phi) is 2.10. The van der Waals surface area contributed by atoms with Crippen LogP contribution in [0.1, 0.15) is 6.04 Å². The van der Waals surface area contributed by atoms with Gasteiger partial charge in [0.1, 0.15) is 5.76 Å². The summed E-state index contributed by atoms with van der Waals surface area (Å²) in [5, 5.41) is 6.97. The number of ether oxygens (including phenoxy) is 1. The van der Waals surface area contributed by atoms with Crippen LogP contribution in [0.15, 0.2) is 40.9 Å². The van der Waals surface area contributed by atoms with E-state index < -0.39 is 6.04 Å². The number of hydrogen-bond acceptors (Lipinski definition) is 4. The molecule has 6 heteroatoms. The third-order valence-electron chi connectivity index (χ3n) is 1.90. The zero-order chi connectivity index (χ0) is 9.97. The fourth-order valence-electron chi connectivity index (χ4n) is 1.25. The second-order valence-electron chi connectivity index (χ2n) is 2.70. The van der Waals surface area contributed by atoms with Gasteiger partial charge in [0, 0.05) is 12.4 Å². The van der Waals surface area contributed by atoms with Gasteiger partial charge in [-0.2, -0.15) is 5.11 Å². The SMILES string of the molecule is COC1=CN=NC(=O)C1n1ccnc1. The van der Waals surface area contributed by atoms with Gasteiger partial charge in [0.2, 0.25) is 0 Å². The number of hydrogen-bond donors (Lipinski definition) is 0. The van der Waals surface area contributed by atoms with Gasteiger partial charge in [-0.1, -0.05) is 0 Å². The van der Waals surface area contributed by atoms with Crippen LogP contribution in [0.3, 0.4) is 0 Å². The zero-order valence-corrected chi connectivity index (χ0v) is 7.49. The fraction of sp³-hybridized carbons (Fsp3) is 0.250. The summed E-state index contributed by atoms with van der Waals surface area (Å²) in [4.78, 5) is 15.3. The molecule has 0 aromatic carbocycles.